The van der Waals surface area contributed by atoms with Crippen molar-refractivity contribution in [2.24, 2.45) is 0 Å². The molecule has 0 spiro atoms. The zero-order valence-corrected chi connectivity index (χ0v) is 40.9. The number of nitrogens with zero attached hydrogens (tertiary/aromatic N) is 2. The number of terminal acetylenes is 2. The van der Waals surface area contributed by atoms with Gasteiger partial charge in [0.05, 0.1) is 39.0 Å². The number of imide groups is 2. The molecule has 2 aliphatic heterocycles. The number of hydrogen-bond donors (Lipinski definition) is 0. The molecule has 0 bridgehead atoms. The van der Waals surface area contributed by atoms with Crippen molar-refractivity contribution < 1.29 is 38.1 Å². The highest BCUT2D eigenvalue weighted by atomic mass is 16.5. The Labute approximate surface area is 449 Å². The minimum absolute atomic E-state index is 0. The van der Waals surface area contributed by atoms with E-state index in [1.54, 1.807) is 72.8 Å². The predicted molar refractivity (Wildman–Crippen MR) is 302 cm³/mol. The van der Waals surface area contributed by atoms with E-state index in [0.717, 1.165) is 44.2 Å². The van der Waals surface area contributed by atoms with E-state index in [-0.39, 0.29) is 42.9 Å². The van der Waals surface area contributed by atoms with Crippen molar-refractivity contribution in [3.63, 3.8) is 0 Å². The second kappa shape index (κ2) is 19.2. The number of anilines is 2. The summed E-state index contributed by atoms with van der Waals surface area (Å²) in [7, 11) is 0. The van der Waals surface area contributed by atoms with E-state index in [2.05, 4.69) is 72.5 Å². The molecule has 13 rings (SSSR count). The molecular formula is C68H44N2O8. The third kappa shape index (κ3) is 7.70. The second-order valence-corrected chi connectivity index (χ2v) is 18.7. The Morgan fingerprint density at radius 1 is 0.372 bits per heavy atom. The Balaban J connectivity index is 0.00000609. The average molecular weight is 1020 g/mol. The van der Waals surface area contributed by atoms with E-state index in [4.69, 9.17) is 31.8 Å². The lowest BCUT2D eigenvalue weighted by Gasteiger charge is -2.34. The van der Waals surface area contributed by atoms with Crippen molar-refractivity contribution in [3.05, 3.63) is 251 Å². The summed E-state index contributed by atoms with van der Waals surface area (Å²) >= 11 is 0. The lowest BCUT2D eigenvalue weighted by atomic mass is 9.68. The fraction of sp³-hybridized carbons (Fsp3) is 0.0588. The summed E-state index contributed by atoms with van der Waals surface area (Å²) < 4.78 is 24.1. The van der Waals surface area contributed by atoms with Crippen LogP contribution in [0.4, 0.5) is 11.4 Å². The highest BCUT2D eigenvalue weighted by Gasteiger charge is 2.46. The Kier molecular flexibility index (Phi) is 11.9. The first kappa shape index (κ1) is 48.3. The second-order valence-electron chi connectivity index (χ2n) is 18.7. The molecule has 3 aliphatic rings. The van der Waals surface area contributed by atoms with Gasteiger partial charge in [0.15, 0.2) is 0 Å². The molecule has 0 fully saturated rings. The van der Waals surface area contributed by atoms with Gasteiger partial charge >= 0.3 is 0 Å². The van der Waals surface area contributed by atoms with Gasteiger partial charge in [-0.25, -0.2) is 9.80 Å². The van der Waals surface area contributed by atoms with Crippen LogP contribution in [0.2, 0.25) is 0 Å². The van der Waals surface area contributed by atoms with E-state index in [1.165, 1.54) is 9.80 Å². The van der Waals surface area contributed by atoms with E-state index in [9.17, 15) is 19.2 Å². The SMILES string of the molecule is C.C#CCOc1ccc2c(N3C(=O)c4ccc(Oc5ccc(C6(c7ccc(Oc8ccc9c(c8)C(=O)N(c8cccc%10cc(OCC#C)ccc8%10)C9=O)cc7)c7ccccc7-c7ccccc76)cc5)cc4C3=O)cccc2c1. The number of hydrogen-bond acceptors (Lipinski definition) is 8. The summed E-state index contributed by atoms with van der Waals surface area (Å²) in [5, 5.41) is 3.01. The van der Waals surface area contributed by atoms with Crippen molar-refractivity contribution in [1.29, 1.82) is 0 Å². The Morgan fingerprint density at radius 2 is 0.756 bits per heavy atom. The van der Waals surface area contributed by atoms with Crippen molar-refractivity contribution in [1.82, 2.24) is 0 Å². The molecule has 0 saturated heterocycles. The molecule has 0 N–H and O–H groups in total. The summed E-state index contributed by atoms with van der Waals surface area (Å²) in [5.41, 5.74) is 7.65. The number of rotatable bonds is 12. The Morgan fingerprint density at radius 3 is 1.18 bits per heavy atom. The van der Waals surface area contributed by atoms with Crippen LogP contribution in [0.15, 0.2) is 206 Å². The molecule has 10 heteroatoms. The van der Waals surface area contributed by atoms with Crippen LogP contribution in [0.3, 0.4) is 0 Å². The third-order valence-corrected chi connectivity index (χ3v) is 14.5. The molecule has 1 aliphatic carbocycles. The molecule has 78 heavy (non-hydrogen) atoms. The molecule has 0 saturated carbocycles. The molecule has 10 nitrogen and oxygen atoms in total. The lowest BCUT2D eigenvalue weighted by molar-refractivity contribution is 0.0910. The molecule has 10 aromatic rings. The smallest absolute Gasteiger partial charge is 0.266 e. The maximum absolute atomic E-state index is 14.1. The van der Waals surface area contributed by atoms with Crippen molar-refractivity contribution in [2.75, 3.05) is 23.0 Å². The van der Waals surface area contributed by atoms with Crippen LogP contribution in [0.25, 0.3) is 32.7 Å². The van der Waals surface area contributed by atoms with Gasteiger partial charge in [-0.15, -0.1) is 12.8 Å². The molecule has 0 unspecified atom stereocenters. The number of carbonyl (C=O) groups is 4. The van der Waals surface area contributed by atoms with Gasteiger partial charge in [0, 0.05) is 10.8 Å². The molecule has 374 valence electrons. The van der Waals surface area contributed by atoms with Crippen LogP contribution >= 0.6 is 0 Å². The quantitative estimate of drug-likeness (QED) is 0.0879. The zero-order valence-electron chi connectivity index (χ0n) is 40.9. The summed E-state index contributed by atoms with van der Waals surface area (Å²) in [6.45, 7) is 0.239. The van der Waals surface area contributed by atoms with Gasteiger partial charge in [0.2, 0.25) is 0 Å². The third-order valence-electron chi connectivity index (χ3n) is 14.5. The highest BCUT2D eigenvalue weighted by molar-refractivity contribution is 6.37. The first-order chi connectivity index (χ1) is 37.7. The van der Waals surface area contributed by atoms with Crippen LogP contribution in [0.1, 0.15) is 71.1 Å². The monoisotopic (exact) mass is 1020 g/mol. The van der Waals surface area contributed by atoms with Crippen LogP contribution < -0.4 is 28.7 Å². The molecule has 0 radical (unpaired) electrons. The first-order valence-corrected chi connectivity index (χ1v) is 24.7. The van der Waals surface area contributed by atoms with Gasteiger partial charge in [-0.05, 0) is 153 Å². The minimum Gasteiger partial charge on any atom is -0.481 e. The van der Waals surface area contributed by atoms with Gasteiger partial charge in [-0.1, -0.05) is 116 Å². The summed E-state index contributed by atoms with van der Waals surface area (Å²) in [5.74, 6) is 6.23. The lowest BCUT2D eigenvalue weighted by Crippen LogP contribution is -2.29. The summed E-state index contributed by atoms with van der Waals surface area (Å²) in [6.07, 6.45) is 10.8. The Bertz CT molecular complexity index is 3970. The molecule has 0 atom stereocenters. The summed E-state index contributed by atoms with van der Waals surface area (Å²) in [6, 6.07) is 64.3. The number of amides is 4. The van der Waals surface area contributed by atoms with Gasteiger partial charge in [0.1, 0.15) is 47.7 Å². The first-order valence-electron chi connectivity index (χ1n) is 24.7. The fourth-order valence-corrected chi connectivity index (χ4v) is 11.2. The maximum Gasteiger partial charge on any atom is 0.266 e. The average Bonchev–Trinajstić information content (AvgIpc) is 4.24. The van der Waals surface area contributed by atoms with Gasteiger partial charge < -0.3 is 18.9 Å². The molecule has 0 aromatic heterocycles. The zero-order chi connectivity index (χ0) is 52.4. The maximum atomic E-state index is 14.1. The van der Waals surface area contributed by atoms with Gasteiger partial charge in [0.25, 0.3) is 23.6 Å². The van der Waals surface area contributed by atoms with E-state index in [0.29, 0.717) is 56.6 Å². The van der Waals surface area contributed by atoms with E-state index in [1.807, 2.05) is 72.8 Å². The van der Waals surface area contributed by atoms with Crippen molar-refractivity contribution >= 4 is 56.5 Å². The molecule has 4 amide bonds. The number of benzene rings is 10. The molecular weight excluding hydrogens is 973 g/mol. The van der Waals surface area contributed by atoms with Crippen LogP contribution in [0, 0.1) is 24.7 Å². The van der Waals surface area contributed by atoms with E-state index < -0.39 is 29.0 Å². The Hall–Kier alpha value is -10.7. The fourth-order valence-electron chi connectivity index (χ4n) is 11.2. The normalized spacial score (nSPS) is 13.5. The summed E-state index contributed by atoms with van der Waals surface area (Å²) in [4.78, 5) is 58.3. The molecule has 2 heterocycles. The largest absolute Gasteiger partial charge is 0.481 e. The predicted octanol–water partition coefficient (Wildman–Crippen LogP) is 14.2. The molecule has 10 aromatic carbocycles. The van der Waals surface area contributed by atoms with Crippen molar-refractivity contribution in [3.8, 4) is 70.3 Å². The number of ether oxygens (including phenoxy) is 4. The van der Waals surface area contributed by atoms with Crippen LogP contribution in [-0.4, -0.2) is 36.8 Å². The number of carbonyl (C=O) groups excluding carboxylic acids is 4. The van der Waals surface area contributed by atoms with Crippen LogP contribution in [-0.2, 0) is 5.41 Å². The van der Waals surface area contributed by atoms with E-state index >= 15 is 0 Å². The number of fused-ring (bicyclic) bond motifs is 7. The van der Waals surface area contributed by atoms with Crippen molar-refractivity contribution in [2.45, 2.75) is 12.8 Å². The van der Waals surface area contributed by atoms with Crippen LogP contribution in [0.5, 0.6) is 34.5 Å². The highest BCUT2D eigenvalue weighted by Crippen LogP contribution is 2.56. The topological polar surface area (TPSA) is 112 Å². The minimum atomic E-state index is -0.756. The standard InChI is InChI=1S/C67H40N2O8.CH4/c1-3-35-74-47-27-31-51-41(37-47)11-9-17-61(51)68-63(70)55-33-29-49(39-57(55)65(68)72)76-45-23-19-43(20-24-45)67(59-15-7-5-13-53(59)54-14-6-8-16-60(54)67)44-21-25-46(26-22-44)77-50-30-34-56-58(40-50)66(73)69(64(56)71)62-18-10-12-42-38-48(75-36-4-2)28-32-52(42)62;/h1-2,5-34,37-40H,35-36H2;1H4. The van der Waals surface area contributed by atoms with Gasteiger partial charge in [-0.2, -0.15) is 0 Å². The van der Waals surface area contributed by atoms with Gasteiger partial charge in [-0.3, -0.25) is 19.2 Å².